The highest BCUT2D eigenvalue weighted by molar-refractivity contribution is 5.37. The molecule has 0 amide bonds. The van der Waals surface area contributed by atoms with E-state index in [0.29, 0.717) is 6.61 Å². The second-order valence-electron chi connectivity index (χ2n) is 3.87. The van der Waals surface area contributed by atoms with Gasteiger partial charge in [0.15, 0.2) is 0 Å². The number of nitrogens with two attached hydrogens (primary N) is 1. The Kier molecular flexibility index (Phi) is 6.46. The van der Waals surface area contributed by atoms with Gasteiger partial charge >= 0.3 is 6.18 Å². The van der Waals surface area contributed by atoms with Crippen molar-refractivity contribution in [3.63, 3.8) is 0 Å². The summed E-state index contributed by atoms with van der Waals surface area (Å²) >= 11 is 0. The van der Waals surface area contributed by atoms with Crippen LogP contribution in [0.3, 0.4) is 0 Å². The lowest BCUT2D eigenvalue weighted by Crippen LogP contribution is -2.17. The first kappa shape index (κ1) is 16.4. The average molecular weight is 294 g/mol. The number of anilines is 1. The van der Waals surface area contributed by atoms with Crippen LogP contribution in [0.4, 0.5) is 19.0 Å². The van der Waals surface area contributed by atoms with Crippen LogP contribution in [0.15, 0.2) is 6.07 Å². The van der Waals surface area contributed by atoms with Gasteiger partial charge < -0.3 is 14.9 Å². The maximum atomic E-state index is 12.5. The van der Waals surface area contributed by atoms with E-state index >= 15 is 0 Å². The fourth-order valence-corrected chi connectivity index (χ4v) is 1.25. The van der Waals surface area contributed by atoms with E-state index in [9.17, 15) is 13.2 Å². The molecule has 0 aromatic carbocycles. The third-order valence-corrected chi connectivity index (χ3v) is 2.22. The molecule has 0 bridgehead atoms. The van der Waals surface area contributed by atoms with Gasteiger partial charge in [0.2, 0.25) is 11.7 Å². The lowest BCUT2D eigenvalue weighted by Gasteiger charge is -2.11. The van der Waals surface area contributed by atoms with Gasteiger partial charge in [-0.3, -0.25) is 0 Å². The molecule has 0 saturated heterocycles. The first-order valence-electron chi connectivity index (χ1n) is 6.10. The van der Waals surface area contributed by atoms with Gasteiger partial charge in [0.05, 0.1) is 6.61 Å². The van der Waals surface area contributed by atoms with Gasteiger partial charge in [-0.25, -0.2) is 10.8 Å². The predicted molar refractivity (Wildman–Crippen MR) is 66.1 cm³/mol. The molecular formula is C11H17F3N4O2. The minimum atomic E-state index is -4.66. The normalized spacial score (nSPS) is 11.4. The van der Waals surface area contributed by atoms with Gasteiger partial charge in [-0.2, -0.15) is 18.2 Å². The predicted octanol–water partition coefficient (Wildman–Crippen LogP) is 1.98. The molecule has 0 atom stereocenters. The van der Waals surface area contributed by atoms with E-state index in [4.69, 9.17) is 15.3 Å². The second-order valence-corrected chi connectivity index (χ2v) is 3.87. The Balaban J connectivity index is 2.56. The minimum absolute atomic E-state index is 0.0992. The molecule has 0 fully saturated rings. The summed E-state index contributed by atoms with van der Waals surface area (Å²) in [7, 11) is 0. The molecule has 3 N–H and O–H groups in total. The number of hydrogen-bond acceptors (Lipinski definition) is 6. The van der Waals surface area contributed by atoms with E-state index in [-0.39, 0.29) is 24.9 Å². The molecule has 1 heterocycles. The first-order valence-corrected chi connectivity index (χ1v) is 6.10. The molecule has 0 aliphatic heterocycles. The molecule has 0 aliphatic rings. The average Bonchev–Trinajstić information content (AvgIpc) is 2.41. The molecule has 0 saturated carbocycles. The zero-order valence-corrected chi connectivity index (χ0v) is 11.0. The standard InChI is InChI=1S/C11H17F3N4O2/c1-2-3-4-19-5-6-20-9-7-8(18-15)16-10(17-9)11(12,13)14/h7H,2-6,15H2,1H3,(H,16,17,18). The van der Waals surface area contributed by atoms with Crippen molar-refractivity contribution in [3.05, 3.63) is 11.9 Å². The molecule has 0 spiro atoms. The van der Waals surface area contributed by atoms with Gasteiger partial charge in [0.1, 0.15) is 12.4 Å². The van der Waals surface area contributed by atoms with Gasteiger partial charge in [0, 0.05) is 12.7 Å². The number of nitrogen functional groups attached to an aromatic ring is 1. The van der Waals surface area contributed by atoms with Gasteiger partial charge in [-0.05, 0) is 6.42 Å². The van der Waals surface area contributed by atoms with E-state index in [1.54, 1.807) is 0 Å². The van der Waals surface area contributed by atoms with Crippen LogP contribution < -0.4 is 16.0 Å². The van der Waals surface area contributed by atoms with Gasteiger partial charge in [-0.1, -0.05) is 13.3 Å². The van der Waals surface area contributed by atoms with Crippen molar-refractivity contribution in [1.29, 1.82) is 0 Å². The Labute approximate surface area is 114 Å². The van der Waals surface area contributed by atoms with Crippen LogP contribution in [0.25, 0.3) is 0 Å². The van der Waals surface area contributed by atoms with Gasteiger partial charge in [-0.15, -0.1) is 0 Å². The minimum Gasteiger partial charge on any atom is -0.475 e. The number of unbranched alkanes of at least 4 members (excludes halogenated alkanes) is 1. The Bertz CT molecular complexity index is 415. The number of halogens is 3. The monoisotopic (exact) mass is 294 g/mol. The van der Waals surface area contributed by atoms with Crippen LogP contribution >= 0.6 is 0 Å². The van der Waals surface area contributed by atoms with E-state index in [2.05, 4.69) is 9.97 Å². The smallest absolute Gasteiger partial charge is 0.451 e. The molecule has 1 rings (SSSR count). The lowest BCUT2D eigenvalue weighted by molar-refractivity contribution is -0.145. The Morgan fingerprint density at radius 1 is 1.25 bits per heavy atom. The zero-order valence-electron chi connectivity index (χ0n) is 11.0. The Hall–Kier alpha value is -1.61. The number of alkyl halides is 3. The highest BCUT2D eigenvalue weighted by Crippen LogP contribution is 2.28. The number of hydrazine groups is 1. The van der Waals surface area contributed by atoms with E-state index in [0.717, 1.165) is 12.8 Å². The Morgan fingerprint density at radius 2 is 2.00 bits per heavy atom. The molecule has 0 aliphatic carbocycles. The first-order chi connectivity index (χ1) is 9.47. The topological polar surface area (TPSA) is 82.3 Å². The van der Waals surface area contributed by atoms with Crippen LogP contribution in [0, 0.1) is 0 Å². The summed E-state index contributed by atoms with van der Waals surface area (Å²) in [6.07, 6.45) is -2.73. The van der Waals surface area contributed by atoms with Crippen molar-refractivity contribution in [1.82, 2.24) is 9.97 Å². The van der Waals surface area contributed by atoms with Crippen LogP contribution in [0.2, 0.25) is 0 Å². The molecule has 1 aromatic rings. The molecule has 20 heavy (non-hydrogen) atoms. The summed E-state index contributed by atoms with van der Waals surface area (Å²) < 4.78 is 47.9. The van der Waals surface area contributed by atoms with Crippen molar-refractivity contribution in [3.8, 4) is 5.88 Å². The number of nitrogens with one attached hydrogen (secondary N) is 1. The molecule has 0 unspecified atom stereocenters. The largest absolute Gasteiger partial charge is 0.475 e. The number of hydrogen-bond donors (Lipinski definition) is 2. The van der Waals surface area contributed by atoms with Crippen molar-refractivity contribution in [2.24, 2.45) is 5.84 Å². The molecule has 1 aromatic heterocycles. The summed E-state index contributed by atoms with van der Waals surface area (Å²) in [5.41, 5.74) is 2.04. The highest BCUT2D eigenvalue weighted by Gasteiger charge is 2.35. The van der Waals surface area contributed by atoms with E-state index < -0.39 is 12.0 Å². The summed E-state index contributed by atoms with van der Waals surface area (Å²) in [4.78, 5) is 6.49. The zero-order chi connectivity index (χ0) is 15.0. The third kappa shape index (κ3) is 5.57. The second kappa shape index (κ2) is 7.85. The molecule has 0 radical (unpaired) electrons. The Morgan fingerprint density at radius 3 is 2.60 bits per heavy atom. The number of rotatable bonds is 8. The lowest BCUT2D eigenvalue weighted by atomic mass is 10.4. The number of aromatic nitrogens is 2. The summed E-state index contributed by atoms with van der Waals surface area (Å²) in [6, 6.07) is 1.18. The van der Waals surface area contributed by atoms with Crippen molar-refractivity contribution in [2.45, 2.75) is 25.9 Å². The maximum Gasteiger partial charge on any atom is 0.451 e. The van der Waals surface area contributed by atoms with Gasteiger partial charge in [0.25, 0.3) is 0 Å². The summed E-state index contributed by atoms with van der Waals surface area (Å²) in [5, 5.41) is 0. The van der Waals surface area contributed by atoms with Crippen molar-refractivity contribution >= 4 is 5.82 Å². The summed E-state index contributed by atoms with van der Waals surface area (Å²) in [6.45, 7) is 2.99. The fourth-order valence-electron chi connectivity index (χ4n) is 1.25. The molecule has 9 heteroatoms. The molecule has 114 valence electrons. The van der Waals surface area contributed by atoms with Crippen LogP contribution in [0.5, 0.6) is 5.88 Å². The number of ether oxygens (including phenoxy) is 2. The SMILES string of the molecule is CCCCOCCOc1cc(NN)nc(C(F)(F)F)n1. The van der Waals surface area contributed by atoms with Crippen molar-refractivity contribution < 1.29 is 22.6 Å². The fraction of sp³-hybridized carbons (Fsp3) is 0.636. The quantitative estimate of drug-likeness (QED) is 0.433. The van der Waals surface area contributed by atoms with E-state index in [1.807, 2.05) is 12.3 Å². The van der Waals surface area contributed by atoms with Crippen LogP contribution in [-0.4, -0.2) is 29.8 Å². The third-order valence-electron chi connectivity index (χ3n) is 2.22. The van der Waals surface area contributed by atoms with Crippen molar-refractivity contribution in [2.75, 3.05) is 25.2 Å². The molecular weight excluding hydrogens is 277 g/mol. The molecule has 6 nitrogen and oxygen atoms in total. The maximum absolute atomic E-state index is 12.5. The van der Waals surface area contributed by atoms with Crippen LogP contribution in [0.1, 0.15) is 25.6 Å². The van der Waals surface area contributed by atoms with Crippen LogP contribution in [-0.2, 0) is 10.9 Å². The highest BCUT2D eigenvalue weighted by atomic mass is 19.4. The summed E-state index contributed by atoms with van der Waals surface area (Å²) in [5.74, 6) is 3.36. The number of nitrogens with zero attached hydrogens (tertiary/aromatic N) is 2. The van der Waals surface area contributed by atoms with E-state index in [1.165, 1.54) is 6.07 Å².